The lowest BCUT2D eigenvalue weighted by Crippen LogP contribution is -2.11. The molecule has 0 radical (unpaired) electrons. The van der Waals surface area contributed by atoms with Gasteiger partial charge in [-0.25, -0.2) is 0 Å². The van der Waals surface area contributed by atoms with E-state index in [0.29, 0.717) is 0 Å². The molecule has 0 unspecified atom stereocenters. The monoisotopic (exact) mass is 725 g/mol. The van der Waals surface area contributed by atoms with Crippen LogP contribution in [0.3, 0.4) is 0 Å². The molecule has 0 aliphatic carbocycles. The van der Waals surface area contributed by atoms with E-state index in [9.17, 15) is 0 Å². The van der Waals surface area contributed by atoms with E-state index in [1.165, 1.54) is 71.6 Å². The van der Waals surface area contributed by atoms with Crippen molar-refractivity contribution < 1.29 is 0 Å². The zero-order chi connectivity index (χ0) is 38.0. The van der Waals surface area contributed by atoms with E-state index in [0.717, 1.165) is 22.6 Å². The molecular formula is C56H39N. The Bertz CT molecular complexity index is 3020. The van der Waals surface area contributed by atoms with Crippen molar-refractivity contribution in [2.45, 2.75) is 0 Å². The van der Waals surface area contributed by atoms with Crippen LogP contribution in [0.4, 0.5) is 17.1 Å². The first-order valence-electron chi connectivity index (χ1n) is 19.6. The molecule has 57 heavy (non-hydrogen) atoms. The van der Waals surface area contributed by atoms with E-state index in [1.807, 2.05) is 0 Å². The summed E-state index contributed by atoms with van der Waals surface area (Å²) in [6.07, 6.45) is 0. The normalized spacial score (nSPS) is 11.2. The van der Waals surface area contributed by atoms with E-state index in [-0.39, 0.29) is 0 Å². The average molecular weight is 726 g/mol. The summed E-state index contributed by atoms with van der Waals surface area (Å²) < 4.78 is 0. The van der Waals surface area contributed by atoms with Crippen molar-refractivity contribution in [3.8, 4) is 55.6 Å². The standard InChI is InChI=1S/C56H39N/c1-3-16-40(17-4-1)48-33-35-53(52-27-12-11-26-51(52)43-20-5-2-6-21-43)55(39-48)54-28-13-14-29-56(54)57(50-34-32-42-19-8-10-23-45(42)37-50)49-25-15-24-46(38-49)47-31-30-41-18-7-9-22-44(41)36-47/h1-39H. The van der Waals surface area contributed by atoms with Crippen molar-refractivity contribution in [2.75, 3.05) is 4.90 Å². The van der Waals surface area contributed by atoms with Crippen molar-refractivity contribution in [2.24, 2.45) is 0 Å². The van der Waals surface area contributed by atoms with E-state index in [1.54, 1.807) is 0 Å². The second-order valence-corrected chi connectivity index (χ2v) is 14.5. The number of benzene rings is 10. The third-order valence-electron chi connectivity index (χ3n) is 11.0. The van der Waals surface area contributed by atoms with Gasteiger partial charge in [0, 0.05) is 16.9 Å². The van der Waals surface area contributed by atoms with Crippen LogP contribution in [0.1, 0.15) is 0 Å². The average Bonchev–Trinajstić information content (AvgIpc) is 3.29. The van der Waals surface area contributed by atoms with Crippen LogP contribution in [0.2, 0.25) is 0 Å². The first-order valence-corrected chi connectivity index (χ1v) is 19.6. The summed E-state index contributed by atoms with van der Waals surface area (Å²) in [5.41, 5.74) is 15.1. The number of hydrogen-bond donors (Lipinski definition) is 0. The maximum absolute atomic E-state index is 2.44. The molecule has 0 fully saturated rings. The van der Waals surface area contributed by atoms with Crippen molar-refractivity contribution in [1.82, 2.24) is 0 Å². The second-order valence-electron chi connectivity index (χ2n) is 14.5. The van der Waals surface area contributed by atoms with Crippen molar-refractivity contribution in [3.63, 3.8) is 0 Å². The van der Waals surface area contributed by atoms with Gasteiger partial charge in [0.05, 0.1) is 5.69 Å². The molecule has 0 heterocycles. The Morgan fingerprint density at radius 1 is 0.211 bits per heavy atom. The Morgan fingerprint density at radius 3 is 1.46 bits per heavy atom. The Hall–Kier alpha value is -7.48. The SMILES string of the molecule is c1ccc(-c2ccc(-c3ccccc3-c3ccccc3)c(-c3ccccc3N(c3cccc(-c4ccc5ccccc5c4)c3)c3ccc4ccccc4c3)c2)cc1. The fourth-order valence-corrected chi connectivity index (χ4v) is 8.23. The van der Waals surface area contributed by atoms with Gasteiger partial charge in [0.25, 0.3) is 0 Å². The number of anilines is 3. The van der Waals surface area contributed by atoms with E-state index in [2.05, 4.69) is 241 Å². The summed E-state index contributed by atoms with van der Waals surface area (Å²) in [6.45, 7) is 0. The third kappa shape index (κ3) is 6.66. The molecule has 1 heteroatoms. The number of fused-ring (bicyclic) bond motifs is 2. The molecule has 0 aliphatic rings. The summed E-state index contributed by atoms with van der Waals surface area (Å²) in [6, 6.07) is 85.9. The quantitative estimate of drug-likeness (QED) is 0.151. The van der Waals surface area contributed by atoms with E-state index in [4.69, 9.17) is 0 Å². The van der Waals surface area contributed by atoms with Gasteiger partial charge in [0.1, 0.15) is 0 Å². The fraction of sp³-hybridized carbons (Fsp3) is 0. The molecule has 268 valence electrons. The zero-order valence-corrected chi connectivity index (χ0v) is 31.5. The first kappa shape index (κ1) is 34.0. The predicted octanol–water partition coefficient (Wildman–Crippen LogP) is 15.8. The summed E-state index contributed by atoms with van der Waals surface area (Å²) >= 11 is 0. The van der Waals surface area contributed by atoms with Gasteiger partial charge in [-0.2, -0.15) is 0 Å². The first-order chi connectivity index (χ1) is 28.3. The lowest BCUT2D eigenvalue weighted by molar-refractivity contribution is 1.29. The molecule has 0 atom stereocenters. The minimum atomic E-state index is 1.09. The molecular weight excluding hydrogens is 687 g/mol. The van der Waals surface area contributed by atoms with E-state index < -0.39 is 0 Å². The van der Waals surface area contributed by atoms with Crippen LogP contribution >= 0.6 is 0 Å². The number of nitrogens with zero attached hydrogens (tertiary/aromatic N) is 1. The minimum absolute atomic E-state index is 1.09. The second kappa shape index (κ2) is 15.0. The molecule has 0 saturated heterocycles. The van der Waals surface area contributed by atoms with Crippen molar-refractivity contribution in [1.29, 1.82) is 0 Å². The van der Waals surface area contributed by atoms with E-state index >= 15 is 0 Å². The van der Waals surface area contributed by atoms with Crippen LogP contribution in [0.25, 0.3) is 77.2 Å². The van der Waals surface area contributed by atoms with Gasteiger partial charge in [-0.05, 0) is 114 Å². The van der Waals surface area contributed by atoms with Gasteiger partial charge in [-0.15, -0.1) is 0 Å². The molecule has 0 bridgehead atoms. The molecule has 0 aliphatic heterocycles. The summed E-state index contributed by atoms with van der Waals surface area (Å²) in [5, 5.41) is 4.90. The zero-order valence-electron chi connectivity index (χ0n) is 31.5. The number of hydrogen-bond acceptors (Lipinski definition) is 1. The number of para-hydroxylation sites is 1. The minimum Gasteiger partial charge on any atom is -0.310 e. The van der Waals surface area contributed by atoms with Gasteiger partial charge in [0.15, 0.2) is 0 Å². The molecule has 0 N–H and O–H groups in total. The highest BCUT2D eigenvalue weighted by molar-refractivity contribution is 6.00. The highest BCUT2D eigenvalue weighted by atomic mass is 15.1. The van der Waals surface area contributed by atoms with Gasteiger partial charge in [-0.3, -0.25) is 0 Å². The van der Waals surface area contributed by atoms with Gasteiger partial charge in [0.2, 0.25) is 0 Å². The Labute approximate surface area is 334 Å². The molecule has 0 spiro atoms. The smallest absolute Gasteiger partial charge is 0.0540 e. The van der Waals surface area contributed by atoms with Crippen molar-refractivity contribution >= 4 is 38.6 Å². The number of rotatable bonds is 8. The van der Waals surface area contributed by atoms with Crippen molar-refractivity contribution in [3.05, 3.63) is 237 Å². The summed E-state index contributed by atoms with van der Waals surface area (Å²) in [5.74, 6) is 0. The van der Waals surface area contributed by atoms with Crippen LogP contribution in [0.5, 0.6) is 0 Å². The largest absolute Gasteiger partial charge is 0.310 e. The Kier molecular flexibility index (Phi) is 8.95. The van der Waals surface area contributed by atoms with Crippen LogP contribution in [-0.2, 0) is 0 Å². The summed E-state index contributed by atoms with van der Waals surface area (Å²) in [4.78, 5) is 2.44. The maximum Gasteiger partial charge on any atom is 0.0540 e. The predicted molar refractivity (Wildman–Crippen MR) is 243 cm³/mol. The molecule has 0 aromatic heterocycles. The van der Waals surface area contributed by atoms with Crippen LogP contribution < -0.4 is 4.90 Å². The third-order valence-corrected chi connectivity index (χ3v) is 11.0. The van der Waals surface area contributed by atoms with Crippen LogP contribution in [-0.4, -0.2) is 0 Å². The highest BCUT2D eigenvalue weighted by Gasteiger charge is 2.22. The van der Waals surface area contributed by atoms with Crippen LogP contribution in [0, 0.1) is 0 Å². The summed E-state index contributed by atoms with van der Waals surface area (Å²) in [7, 11) is 0. The molecule has 0 saturated carbocycles. The topological polar surface area (TPSA) is 3.24 Å². The molecule has 10 aromatic rings. The van der Waals surface area contributed by atoms with Gasteiger partial charge < -0.3 is 4.90 Å². The lowest BCUT2D eigenvalue weighted by atomic mass is 9.86. The fourth-order valence-electron chi connectivity index (χ4n) is 8.23. The lowest BCUT2D eigenvalue weighted by Gasteiger charge is -2.29. The molecule has 1 nitrogen and oxygen atoms in total. The van der Waals surface area contributed by atoms with Gasteiger partial charge >= 0.3 is 0 Å². The van der Waals surface area contributed by atoms with Crippen LogP contribution in [0.15, 0.2) is 237 Å². The maximum atomic E-state index is 2.44. The molecule has 10 aromatic carbocycles. The molecule has 10 rings (SSSR count). The van der Waals surface area contributed by atoms with Gasteiger partial charge in [-0.1, -0.05) is 194 Å². The Morgan fingerprint density at radius 2 is 0.702 bits per heavy atom. The highest BCUT2D eigenvalue weighted by Crippen LogP contribution is 2.47. The molecule has 0 amide bonds. The Balaban J connectivity index is 1.21.